The first-order chi connectivity index (χ1) is 8.57. The second-order valence-corrected chi connectivity index (χ2v) is 6.43. The largest absolute Gasteiger partial charge is 0.284 e. The van der Waals surface area contributed by atoms with Crippen LogP contribution in [0.5, 0.6) is 0 Å². The Balaban J connectivity index is 2.58. The van der Waals surface area contributed by atoms with E-state index in [9.17, 15) is 8.42 Å². The van der Waals surface area contributed by atoms with Crippen molar-refractivity contribution in [2.45, 2.75) is 39.5 Å². The second-order valence-electron chi connectivity index (χ2n) is 4.67. The minimum absolute atomic E-state index is 0.221. The van der Waals surface area contributed by atoms with Gasteiger partial charge in [0.05, 0.1) is 5.75 Å². The van der Waals surface area contributed by atoms with Gasteiger partial charge in [-0.2, -0.15) is 0 Å². The van der Waals surface area contributed by atoms with Crippen molar-refractivity contribution in [1.29, 1.82) is 0 Å². The number of hydrogen-bond donors (Lipinski definition) is 1. The predicted molar refractivity (Wildman–Crippen MR) is 77.2 cm³/mol. The summed E-state index contributed by atoms with van der Waals surface area (Å²) in [5.41, 5.74) is 0.642. The van der Waals surface area contributed by atoms with Crippen LogP contribution in [0.4, 0.5) is 5.69 Å². The maximum absolute atomic E-state index is 12.0. The first-order valence-electron chi connectivity index (χ1n) is 6.63. The summed E-state index contributed by atoms with van der Waals surface area (Å²) in [5.74, 6) is 0.476. The van der Waals surface area contributed by atoms with E-state index >= 15 is 0 Å². The van der Waals surface area contributed by atoms with Crippen molar-refractivity contribution < 1.29 is 8.42 Å². The Kier molecular flexibility index (Phi) is 6.19. The molecule has 0 aromatic heterocycles. The zero-order chi connectivity index (χ0) is 13.4. The highest BCUT2D eigenvalue weighted by Crippen LogP contribution is 2.17. The summed E-state index contributed by atoms with van der Waals surface area (Å²) in [6.45, 7) is 4.18. The van der Waals surface area contributed by atoms with Gasteiger partial charge in [0, 0.05) is 5.69 Å². The van der Waals surface area contributed by atoms with Gasteiger partial charge in [-0.25, -0.2) is 8.42 Å². The molecule has 1 N–H and O–H groups in total. The van der Waals surface area contributed by atoms with Crippen LogP contribution in [-0.4, -0.2) is 14.2 Å². The maximum atomic E-state index is 12.0. The third kappa shape index (κ3) is 5.54. The smallest absolute Gasteiger partial charge is 0.232 e. The normalized spacial score (nSPS) is 13.2. The van der Waals surface area contributed by atoms with Crippen LogP contribution in [-0.2, 0) is 10.0 Å². The molecule has 3 nitrogen and oxygen atoms in total. The van der Waals surface area contributed by atoms with Gasteiger partial charge in [-0.15, -0.1) is 0 Å². The predicted octanol–water partition coefficient (Wildman–Crippen LogP) is 3.64. The van der Waals surface area contributed by atoms with Gasteiger partial charge >= 0.3 is 0 Å². The molecular weight excluding hydrogens is 246 g/mol. The van der Waals surface area contributed by atoms with Gasteiger partial charge in [0.1, 0.15) is 0 Å². The standard InChI is InChI=1S/C14H23NO2S/c1-3-5-9-13(4-2)12-18(16,17)15-14-10-7-6-8-11-14/h6-8,10-11,13,15H,3-5,9,12H2,1-2H3. The van der Waals surface area contributed by atoms with Crippen molar-refractivity contribution in [3.05, 3.63) is 30.3 Å². The first kappa shape index (κ1) is 15.0. The molecule has 4 heteroatoms. The van der Waals surface area contributed by atoms with Crippen LogP contribution in [0.1, 0.15) is 39.5 Å². The average Bonchev–Trinajstić information content (AvgIpc) is 2.35. The molecule has 102 valence electrons. The van der Waals surface area contributed by atoms with E-state index in [2.05, 4.69) is 18.6 Å². The third-order valence-electron chi connectivity index (χ3n) is 3.05. The maximum Gasteiger partial charge on any atom is 0.232 e. The number of nitrogens with one attached hydrogen (secondary N) is 1. The third-order valence-corrected chi connectivity index (χ3v) is 4.50. The minimum Gasteiger partial charge on any atom is -0.284 e. The molecule has 0 amide bonds. The number of hydrogen-bond acceptors (Lipinski definition) is 2. The minimum atomic E-state index is -3.23. The van der Waals surface area contributed by atoms with Gasteiger partial charge in [-0.05, 0) is 24.5 Å². The summed E-state index contributed by atoms with van der Waals surface area (Å²) < 4.78 is 26.7. The highest BCUT2D eigenvalue weighted by molar-refractivity contribution is 7.92. The van der Waals surface area contributed by atoms with Crippen molar-refractivity contribution in [2.75, 3.05) is 10.5 Å². The molecule has 1 atom stereocenters. The molecule has 0 aliphatic heterocycles. The van der Waals surface area contributed by atoms with Gasteiger partial charge in [0.15, 0.2) is 0 Å². The van der Waals surface area contributed by atoms with Crippen LogP contribution in [0.3, 0.4) is 0 Å². The molecule has 0 radical (unpaired) electrons. The zero-order valence-electron chi connectivity index (χ0n) is 11.2. The molecule has 0 aliphatic rings. The highest BCUT2D eigenvalue weighted by atomic mass is 32.2. The van der Waals surface area contributed by atoms with Crippen LogP contribution in [0.2, 0.25) is 0 Å². The molecule has 0 aliphatic carbocycles. The average molecular weight is 269 g/mol. The topological polar surface area (TPSA) is 46.2 Å². The summed E-state index contributed by atoms with van der Waals surface area (Å²) in [6, 6.07) is 9.06. The molecule has 0 heterocycles. The zero-order valence-corrected chi connectivity index (χ0v) is 12.0. The number of rotatable bonds is 8. The molecule has 1 aromatic rings. The fourth-order valence-electron chi connectivity index (χ4n) is 1.94. The Morgan fingerprint density at radius 3 is 2.39 bits per heavy atom. The van der Waals surface area contributed by atoms with E-state index in [1.54, 1.807) is 12.1 Å². The van der Waals surface area contributed by atoms with Crippen molar-refractivity contribution in [3.8, 4) is 0 Å². The summed E-state index contributed by atoms with van der Waals surface area (Å²) in [7, 11) is -3.23. The van der Waals surface area contributed by atoms with Crippen molar-refractivity contribution in [1.82, 2.24) is 0 Å². The molecule has 0 saturated heterocycles. The van der Waals surface area contributed by atoms with E-state index in [1.807, 2.05) is 18.2 Å². The summed E-state index contributed by atoms with van der Waals surface area (Å²) >= 11 is 0. The van der Waals surface area contributed by atoms with E-state index in [4.69, 9.17) is 0 Å². The van der Waals surface area contributed by atoms with Gasteiger partial charge in [-0.1, -0.05) is 51.3 Å². The van der Waals surface area contributed by atoms with E-state index in [1.165, 1.54) is 0 Å². The molecule has 0 fully saturated rings. The SMILES string of the molecule is CCCCC(CC)CS(=O)(=O)Nc1ccccc1. The summed E-state index contributed by atoms with van der Waals surface area (Å²) in [5, 5.41) is 0. The van der Waals surface area contributed by atoms with Crippen LogP contribution < -0.4 is 4.72 Å². The van der Waals surface area contributed by atoms with E-state index in [0.29, 0.717) is 5.69 Å². The lowest BCUT2D eigenvalue weighted by Gasteiger charge is -2.15. The Bertz CT molecular complexity index is 428. The summed E-state index contributed by atoms with van der Waals surface area (Å²) in [4.78, 5) is 0. The Labute approximate surface area is 111 Å². The molecule has 0 spiro atoms. The van der Waals surface area contributed by atoms with Crippen LogP contribution in [0.15, 0.2) is 30.3 Å². The van der Waals surface area contributed by atoms with Crippen molar-refractivity contribution >= 4 is 15.7 Å². The molecular formula is C14H23NO2S. The molecule has 1 rings (SSSR count). The van der Waals surface area contributed by atoms with Gasteiger partial charge in [0.2, 0.25) is 10.0 Å². The number of benzene rings is 1. The quantitative estimate of drug-likeness (QED) is 0.783. The Morgan fingerprint density at radius 2 is 1.83 bits per heavy atom. The van der Waals surface area contributed by atoms with Crippen LogP contribution >= 0.6 is 0 Å². The van der Waals surface area contributed by atoms with Crippen LogP contribution in [0.25, 0.3) is 0 Å². The van der Waals surface area contributed by atoms with E-state index in [0.717, 1.165) is 25.7 Å². The fourth-order valence-corrected chi connectivity index (χ4v) is 3.54. The first-order valence-corrected chi connectivity index (χ1v) is 8.28. The van der Waals surface area contributed by atoms with Crippen LogP contribution in [0, 0.1) is 5.92 Å². The fraction of sp³-hybridized carbons (Fsp3) is 0.571. The highest BCUT2D eigenvalue weighted by Gasteiger charge is 2.17. The van der Waals surface area contributed by atoms with Crippen molar-refractivity contribution in [2.24, 2.45) is 5.92 Å². The van der Waals surface area contributed by atoms with Gasteiger partial charge < -0.3 is 0 Å². The number of anilines is 1. The molecule has 1 unspecified atom stereocenters. The number of unbranched alkanes of at least 4 members (excludes halogenated alkanes) is 1. The number of para-hydroxylation sites is 1. The Morgan fingerprint density at radius 1 is 1.17 bits per heavy atom. The lowest BCUT2D eigenvalue weighted by atomic mass is 10.0. The molecule has 1 aromatic carbocycles. The van der Waals surface area contributed by atoms with Gasteiger partial charge in [-0.3, -0.25) is 4.72 Å². The second kappa shape index (κ2) is 7.41. The molecule has 18 heavy (non-hydrogen) atoms. The lowest BCUT2D eigenvalue weighted by molar-refractivity contribution is 0.485. The monoisotopic (exact) mass is 269 g/mol. The van der Waals surface area contributed by atoms with E-state index in [-0.39, 0.29) is 11.7 Å². The van der Waals surface area contributed by atoms with Crippen molar-refractivity contribution in [3.63, 3.8) is 0 Å². The summed E-state index contributed by atoms with van der Waals surface area (Å²) in [6.07, 6.45) is 4.11. The van der Waals surface area contributed by atoms with E-state index < -0.39 is 10.0 Å². The van der Waals surface area contributed by atoms with Gasteiger partial charge in [0.25, 0.3) is 0 Å². The molecule has 0 bridgehead atoms. The molecule has 0 saturated carbocycles. The lowest BCUT2D eigenvalue weighted by Crippen LogP contribution is -2.22. The number of sulfonamides is 1. The Hall–Kier alpha value is -1.03.